The lowest BCUT2D eigenvalue weighted by Crippen LogP contribution is -2.13. The van der Waals surface area contributed by atoms with E-state index in [1.165, 1.54) is 13.2 Å². The van der Waals surface area contributed by atoms with Gasteiger partial charge in [-0.15, -0.1) is 0 Å². The Morgan fingerprint density at radius 3 is 2.37 bits per heavy atom. The van der Waals surface area contributed by atoms with E-state index >= 15 is 0 Å². The maximum atomic E-state index is 14.3. The number of rotatable bonds is 5. The van der Waals surface area contributed by atoms with Crippen LogP contribution in [0.25, 0.3) is 6.08 Å². The first-order valence-corrected chi connectivity index (χ1v) is 9.52. The number of ether oxygens (including phenoxy) is 1. The van der Waals surface area contributed by atoms with Crippen LogP contribution in [0.15, 0.2) is 36.4 Å². The Morgan fingerprint density at radius 1 is 1.00 bits per heavy atom. The molecule has 0 aliphatic heterocycles. The Kier molecular flexibility index (Phi) is 6.25. The highest BCUT2D eigenvalue weighted by atomic mass is 19.2. The zero-order valence-corrected chi connectivity index (χ0v) is 15.8. The van der Waals surface area contributed by atoms with Crippen LogP contribution in [0.2, 0.25) is 0 Å². The van der Waals surface area contributed by atoms with Gasteiger partial charge in [-0.05, 0) is 67.2 Å². The minimum Gasteiger partial charge on any atom is -0.494 e. The quantitative estimate of drug-likeness (QED) is 0.568. The molecule has 1 aliphatic rings. The van der Waals surface area contributed by atoms with Gasteiger partial charge in [0.1, 0.15) is 5.82 Å². The molecule has 0 atom stereocenters. The van der Waals surface area contributed by atoms with E-state index < -0.39 is 11.6 Å². The van der Waals surface area contributed by atoms with Crippen molar-refractivity contribution in [1.29, 1.82) is 0 Å². The fourth-order valence-corrected chi connectivity index (χ4v) is 3.81. The predicted molar refractivity (Wildman–Crippen MR) is 102 cm³/mol. The largest absolute Gasteiger partial charge is 0.494 e. The van der Waals surface area contributed by atoms with Crippen molar-refractivity contribution in [3.8, 4) is 5.75 Å². The van der Waals surface area contributed by atoms with Crippen LogP contribution in [-0.2, 0) is 6.42 Å². The Bertz CT molecular complexity index is 821. The summed E-state index contributed by atoms with van der Waals surface area (Å²) in [6, 6.07) is 8.45. The second kappa shape index (κ2) is 8.64. The molecule has 144 valence electrons. The molecule has 0 heterocycles. The smallest absolute Gasteiger partial charge is 0.200 e. The molecule has 0 N–H and O–H groups in total. The molecular formula is C23H25F3O. The Balaban J connectivity index is 1.63. The van der Waals surface area contributed by atoms with Gasteiger partial charge in [0.25, 0.3) is 0 Å². The van der Waals surface area contributed by atoms with E-state index in [1.807, 2.05) is 31.2 Å². The summed E-state index contributed by atoms with van der Waals surface area (Å²) in [5, 5.41) is 0. The van der Waals surface area contributed by atoms with Gasteiger partial charge in [-0.2, -0.15) is 4.39 Å². The number of hydrogen-bond donors (Lipinski definition) is 0. The normalized spacial score (nSPS) is 20.2. The lowest BCUT2D eigenvalue weighted by Gasteiger charge is -2.27. The SMILES string of the molecule is CCc1ccc(C=CC2CCC(c3ccc(OC)c(F)c3F)CC2)c(F)c1. The number of allylic oxidation sites excluding steroid dienone is 1. The molecule has 0 radical (unpaired) electrons. The lowest BCUT2D eigenvalue weighted by molar-refractivity contribution is 0.350. The van der Waals surface area contributed by atoms with Crippen LogP contribution in [0.1, 0.15) is 55.2 Å². The summed E-state index contributed by atoms with van der Waals surface area (Å²) < 4.78 is 47.2. The van der Waals surface area contributed by atoms with Crippen LogP contribution in [0.5, 0.6) is 5.75 Å². The van der Waals surface area contributed by atoms with E-state index in [0.717, 1.165) is 37.7 Å². The van der Waals surface area contributed by atoms with Gasteiger partial charge in [-0.25, -0.2) is 8.78 Å². The molecule has 2 aromatic carbocycles. The lowest BCUT2D eigenvalue weighted by atomic mass is 9.78. The molecule has 27 heavy (non-hydrogen) atoms. The first kappa shape index (κ1) is 19.5. The van der Waals surface area contributed by atoms with Crippen molar-refractivity contribution in [3.05, 3.63) is 70.5 Å². The van der Waals surface area contributed by atoms with Crippen molar-refractivity contribution in [1.82, 2.24) is 0 Å². The van der Waals surface area contributed by atoms with Crippen molar-refractivity contribution < 1.29 is 17.9 Å². The molecule has 1 fully saturated rings. The number of hydrogen-bond acceptors (Lipinski definition) is 1. The summed E-state index contributed by atoms with van der Waals surface area (Å²) in [5.41, 5.74) is 2.01. The molecule has 0 unspecified atom stereocenters. The molecule has 0 aromatic heterocycles. The third kappa shape index (κ3) is 4.37. The fourth-order valence-electron chi connectivity index (χ4n) is 3.81. The number of aryl methyl sites for hydroxylation is 1. The van der Waals surface area contributed by atoms with Crippen LogP contribution < -0.4 is 4.74 Å². The molecule has 0 amide bonds. The first-order valence-electron chi connectivity index (χ1n) is 9.52. The predicted octanol–water partition coefficient (Wildman–Crippen LogP) is 6.66. The monoisotopic (exact) mass is 374 g/mol. The van der Waals surface area contributed by atoms with Crippen LogP contribution in [0.4, 0.5) is 13.2 Å². The molecule has 4 heteroatoms. The van der Waals surface area contributed by atoms with Gasteiger partial charge in [0.15, 0.2) is 11.6 Å². The fraction of sp³-hybridized carbons (Fsp3) is 0.391. The van der Waals surface area contributed by atoms with Crippen LogP contribution >= 0.6 is 0 Å². The molecular weight excluding hydrogens is 349 g/mol. The van der Waals surface area contributed by atoms with Gasteiger partial charge in [0, 0.05) is 5.56 Å². The van der Waals surface area contributed by atoms with Gasteiger partial charge in [-0.3, -0.25) is 0 Å². The zero-order valence-electron chi connectivity index (χ0n) is 15.8. The third-order valence-corrected chi connectivity index (χ3v) is 5.53. The Morgan fingerprint density at radius 2 is 1.74 bits per heavy atom. The molecule has 1 aliphatic carbocycles. The van der Waals surface area contributed by atoms with E-state index in [4.69, 9.17) is 4.74 Å². The van der Waals surface area contributed by atoms with Crippen LogP contribution in [0.3, 0.4) is 0 Å². The topological polar surface area (TPSA) is 9.23 Å². The van der Waals surface area contributed by atoms with Crippen molar-refractivity contribution in [3.63, 3.8) is 0 Å². The van der Waals surface area contributed by atoms with Gasteiger partial charge in [-0.1, -0.05) is 37.3 Å². The third-order valence-electron chi connectivity index (χ3n) is 5.53. The first-order chi connectivity index (χ1) is 13.0. The van der Waals surface area contributed by atoms with Gasteiger partial charge >= 0.3 is 0 Å². The highest BCUT2D eigenvalue weighted by Gasteiger charge is 2.25. The summed E-state index contributed by atoms with van der Waals surface area (Å²) >= 11 is 0. The van der Waals surface area contributed by atoms with Crippen molar-refractivity contribution in [2.45, 2.75) is 44.9 Å². The van der Waals surface area contributed by atoms with E-state index in [9.17, 15) is 13.2 Å². The minimum absolute atomic E-state index is 0.00984. The van der Waals surface area contributed by atoms with Crippen molar-refractivity contribution in [2.24, 2.45) is 5.92 Å². The molecule has 3 rings (SSSR count). The van der Waals surface area contributed by atoms with E-state index in [-0.39, 0.29) is 17.5 Å². The summed E-state index contributed by atoms with van der Waals surface area (Å²) in [6.07, 6.45) is 8.03. The molecule has 0 bridgehead atoms. The molecule has 1 nitrogen and oxygen atoms in total. The molecule has 2 aromatic rings. The van der Waals surface area contributed by atoms with Gasteiger partial charge in [0.05, 0.1) is 7.11 Å². The maximum absolute atomic E-state index is 14.3. The van der Waals surface area contributed by atoms with Gasteiger partial charge < -0.3 is 4.74 Å². The average molecular weight is 374 g/mol. The maximum Gasteiger partial charge on any atom is 0.200 e. The van der Waals surface area contributed by atoms with Crippen LogP contribution in [0, 0.1) is 23.4 Å². The highest BCUT2D eigenvalue weighted by Crippen LogP contribution is 2.39. The van der Waals surface area contributed by atoms with Crippen molar-refractivity contribution >= 4 is 6.08 Å². The Labute approximate surface area is 158 Å². The number of methoxy groups -OCH3 is 1. The zero-order chi connectivity index (χ0) is 19.4. The number of halogens is 3. The molecule has 0 spiro atoms. The standard InChI is InChI=1S/C23H25F3O/c1-3-15-4-10-18(20(24)14-15)11-7-16-5-8-17(9-6-16)19-12-13-21(27-2)23(26)22(19)25/h4,7,10-14,16-17H,3,5-6,8-9H2,1-2H3. The Hall–Kier alpha value is -2.23. The number of benzene rings is 2. The average Bonchev–Trinajstić information content (AvgIpc) is 2.69. The summed E-state index contributed by atoms with van der Waals surface area (Å²) in [4.78, 5) is 0. The summed E-state index contributed by atoms with van der Waals surface area (Å²) in [6.45, 7) is 2.00. The second-order valence-electron chi connectivity index (χ2n) is 7.17. The molecule has 1 saturated carbocycles. The van der Waals surface area contributed by atoms with E-state index in [2.05, 4.69) is 0 Å². The second-order valence-corrected chi connectivity index (χ2v) is 7.17. The summed E-state index contributed by atoms with van der Waals surface area (Å²) in [7, 11) is 1.33. The van der Waals surface area contributed by atoms with Gasteiger partial charge in [0.2, 0.25) is 5.82 Å². The molecule has 0 saturated heterocycles. The van der Waals surface area contributed by atoms with Crippen LogP contribution in [-0.4, -0.2) is 7.11 Å². The van der Waals surface area contributed by atoms with E-state index in [0.29, 0.717) is 17.0 Å². The highest BCUT2D eigenvalue weighted by molar-refractivity contribution is 5.51. The summed E-state index contributed by atoms with van der Waals surface area (Å²) in [5.74, 6) is -1.64. The van der Waals surface area contributed by atoms with Crippen molar-refractivity contribution in [2.75, 3.05) is 7.11 Å². The van der Waals surface area contributed by atoms with E-state index in [1.54, 1.807) is 12.1 Å². The minimum atomic E-state index is -0.914.